The van der Waals surface area contributed by atoms with E-state index in [0.717, 1.165) is 46.5 Å². The molecule has 6 nitrogen and oxygen atoms in total. The van der Waals surface area contributed by atoms with Crippen LogP contribution in [0.1, 0.15) is 36.7 Å². The van der Waals surface area contributed by atoms with Crippen LogP contribution in [0.3, 0.4) is 0 Å². The second-order valence-corrected chi connectivity index (χ2v) is 8.42. The molecule has 1 amide bonds. The first-order valence-corrected chi connectivity index (χ1v) is 10.8. The number of fused-ring (bicyclic) bond motifs is 2. The van der Waals surface area contributed by atoms with E-state index in [0.29, 0.717) is 12.1 Å². The van der Waals surface area contributed by atoms with Crippen molar-refractivity contribution < 1.29 is 9.21 Å². The van der Waals surface area contributed by atoms with Crippen molar-refractivity contribution in [3.05, 3.63) is 64.1 Å². The Bertz CT molecular complexity index is 1210. The lowest BCUT2D eigenvalue weighted by Crippen LogP contribution is -2.39. The molecule has 0 radical (unpaired) electrons. The van der Waals surface area contributed by atoms with E-state index in [1.54, 1.807) is 22.0 Å². The molecular weight excluding hydrogens is 386 g/mol. The van der Waals surface area contributed by atoms with Gasteiger partial charge in [0.25, 0.3) is 0 Å². The number of carbonyl (C=O) groups excluding carboxylic acids is 1. The largest absolute Gasteiger partial charge is 0.419 e. The van der Waals surface area contributed by atoms with E-state index in [-0.39, 0.29) is 18.4 Å². The van der Waals surface area contributed by atoms with Gasteiger partial charge in [0.15, 0.2) is 5.58 Å². The number of nitrogens with zero attached hydrogens (tertiary/aromatic N) is 3. The molecule has 1 fully saturated rings. The average molecular weight is 407 g/mol. The van der Waals surface area contributed by atoms with Gasteiger partial charge in [0.2, 0.25) is 5.91 Å². The van der Waals surface area contributed by atoms with Crippen LogP contribution in [0.15, 0.2) is 57.7 Å². The van der Waals surface area contributed by atoms with Gasteiger partial charge in [-0.3, -0.25) is 9.36 Å². The zero-order chi connectivity index (χ0) is 19.8. The van der Waals surface area contributed by atoms with Crippen LogP contribution in [0.25, 0.3) is 21.3 Å². The van der Waals surface area contributed by atoms with Crippen LogP contribution in [0, 0.1) is 0 Å². The highest BCUT2D eigenvalue weighted by Gasteiger charge is 2.30. The molecule has 4 aromatic rings. The highest BCUT2D eigenvalue weighted by atomic mass is 32.1. The summed E-state index contributed by atoms with van der Waals surface area (Å²) >= 11 is 1.67. The summed E-state index contributed by atoms with van der Waals surface area (Å²) in [6.07, 6.45) is 3.29. The van der Waals surface area contributed by atoms with E-state index < -0.39 is 5.76 Å². The number of aromatic nitrogens is 2. The summed E-state index contributed by atoms with van der Waals surface area (Å²) in [5.41, 5.74) is 2.27. The van der Waals surface area contributed by atoms with Crippen LogP contribution in [0.2, 0.25) is 0 Å². The lowest BCUT2D eigenvalue weighted by atomic mass is 10.0. The van der Waals surface area contributed by atoms with Crippen LogP contribution in [-0.4, -0.2) is 26.9 Å². The van der Waals surface area contributed by atoms with Crippen molar-refractivity contribution in [2.75, 3.05) is 6.54 Å². The Balaban J connectivity index is 1.37. The Morgan fingerprint density at radius 2 is 1.97 bits per heavy atom. The number of hydrogen-bond donors (Lipinski definition) is 0. The maximum atomic E-state index is 13.1. The molecule has 3 heterocycles. The number of carbonyl (C=O) groups is 1. The molecule has 0 unspecified atom stereocenters. The van der Waals surface area contributed by atoms with Crippen molar-refractivity contribution in [3.8, 4) is 0 Å². The number of oxazole rings is 1. The quantitative estimate of drug-likeness (QED) is 0.504. The fourth-order valence-electron chi connectivity index (χ4n) is 4.10. The number of benzene rings is 2. The summed E-state index contributed by atoms with van der Waals surface area (Å²) in [6, 6.07) is 15.4. The fraction of sp³-hybridized carbons (Fsp3) is 0.318. The number of aryl methyl sites for hydroxylation is 1. The topological polar surface area (TPSA) is 68.3 Å². The molecule has 7 heteroatoms. The summed E-state index contributed by atoms with van der Waals surface area (Å²) < 4.78 is 7.97. The molecule has 5 rings (SSSR count). The Morgan fingerprint density at radius 3 is 2.86 bits per heavy atom. The van der Waals surface area contributed by atoms with Gasteiger partial charge in [0.05, 0.1) is 21.8 Å². The molecule has 29 heavy (non-hydrogen) atoms. The summed E-state index contributed by atoms with van der Waals surface area (Å²) in [4.78, 5) is 32.0. The summed E-state index contributed by atoms with van der Waals surface area (Å²) in [5.74, 6) is -0.355. The maximum Gasteiger partial charge on any atom is 0.419 e. The van der Waals surface area contributed by atoms with Gasteiger partial charge in [0, 0.05) is 19.5 Å². The highest BCUT2D eigenvalue weighted by Crippen LogP contribution is 2.36. The smallest absolute Gasteiger partial charge is 0.408 e. The minimum absolute atomic E-state index is 0.0199. The van der Waals surface area contributed by atoms with Crippen LogP contribution < -0.4 is 5.76 Å². The number of piperidine rings is 1. The van der Waals surface area contributed by atoms with Gasteiger partial charge in [-0.15, -0.1) is 11.3 Å². The van der Waals surface area contributed by atoms with Crippen molar-refractivity contribution in [2.24, 2.45) is 0 Å². The molecule has 1 saturated heterocycles. The zero-order valence-electron chi connectivity index (χ0n) is 15.9. The Hall–Kier alpha value is -2.93. The molecular formula is C22H21N3O3S. The van der Waals surface area contributed by atoms with E-state index in [9.17, 15) is 9.59 Å². The second-order valence-electron chi connectivity index (χ2n) is 7.36. The number of rotatable bonds is 4. The Labute approximate surface area is 171 Å². The van der Waals surface area contributed by atoms with Gasteiger partial charge in [-0.25, -0.2) is 9.78 Å². The van der Waals surface area contributed by atoms with E-state index in [2.05, 4.69) is 6.07 Å². The summed E-state index contributed by atoms with van der Waals surface area (Å²) in [6.45, 7) is 1.05. The van der Waals surface area contributed by atoms with Crippen LogP contribution >= 0.6 is 11.3 Å². The predicted molar refractivity (Wildman–Crippen MR) is 113 cm³/mol. The highest BCUT2D eigenvalue weighted by molar-refractivity contribution is 7.18. The van der Waals surface area contributed by atoms with Crippen molar-refractivity contribution >= 4 is 38.6 Å². The van der Waals surface area contributed by atoms with E-state index in [1.165, 1.54) is 0 Å². The molecule has 148 valence electrons. The zero-order valence-corrected chi connectivity index (χ0v) is 16.7. The lowest BCUT2D eigenvalue weighted by Gasteiger charge is -2.34. The second kappa shape index (κ2) is 7.48. The molecule has 0 saturated carbocycles. The minimum Gasteiger partial charge on any atom is -0.408 e. The number of thiazole rings is 1. The van der Waals surface area contributed by atoms with Crippen molar-refractivity contribution in [3.63, 3.8) is 0 Å². The molecule has 0 spiro atoms. The molecule has 1 atom stereocenters. The van der Waals surface area contributed by atoms with Crippen LogP contribution in [-0.2, 0) is 11.3 Å². The van der Waals surface area contributed by atoms with E-state index in [4.69, 9.17) is 9.40 Å². The molecule has 1 aliphatic heterocycles. The molecule has 0 N–H and O–H groups in total. The van der Waals surface area contributed by atoms with Gasteiger partial charge in [0.1, 0.15) is 5.01 Å². The van der Waals surface area contributed by atoms with Gasteiger partial charge in [-0.05, 0) is 43.5 Å². The number of amides is 1. The lowest BCUT2D eigenvalue weighted by molar-refractivity contribution is -0.135. The van der Waals surface area contributed by atoms with Gasteiger partial charge < -0.3 is 9.32 Å². The molecule has 2 aromatic heterocycles. The van der Waals surface area contributed by atoms with E-state index >= 15 is 0 Å². The minimum atomic E-state index is -0.416. The van der Waals surface area contributed by atoms with Gasteiger partial charge in [-0.1, -0.05) is 24.3 Å². The van der Waals surface area contributed by atoms with Crippen LogP contribution in [0.4, 0.5) is 0 Å². The van der Waals surface area contributed by atoms with Crippen LogP contribution in [0.5, 0.6) is 0 Å². The van der Waals surface area contributed by atoms with Gasteiger partial charge >= 0.3 is 5.76 Å². The Morgan fingerprint density at radius 1 is 1.14 bits per heavy atom. The summed E-state index contributed by atoms with van der Waals surface area (Å²) in [7, 11) is 0. The van der Waals surface area contributed by atoms with E-state index in [1.807, 2.05) is 41.3 Å². The standard InChI is InChI=1S/C22H21N3O3S/c26-20(12-14-25-16-8-2-3-10-18(16)28-22(25)27)24-13-6-5-9-17(24)21-23-15-7-1-4-11-19(15)29-21/h1-4,7-8,10-11,17H,5-6,9,12-14H2/t17-/m1/s1. The number of likely N-dealkylation sites (tertiary alicyclic amines) is 1. The normalized spacial score (nSPS) is 17.2. The predicted octanol–water partition coefficient (Wildman–Crippen LogP) is 4.35. The molecule has 2 aromatic carbocycles. The fourth-order valence-corrected chi connectivity index (χ4v) is 5.21. The molecule has 0 bridgehead atoms. The van der Waals surface area contributed by atoms with Crippen molar-refractivity contribution in [1.82, 2.24) is 14.5 Å². The number of hydrogen-bond acceptors (Lipinski definition) is 5. The van der Waals surface area contributed by atoms with Crippen molar-refractivity contribution in [2.45, 2.75) is 38.3 Å². The Kier molecular flexibility index (Phi) is 4.67. The monoisotopic (exact) mass is 407 g/mol. The summed E-state index contributed by atoms with van der Waals surface area (Å²) in [5, 5.41) is 1.00. The first-order chi connectivity index (χ1) is 14.2. The van der Waals surface area contributed by atoms with Crippen molar-refractivity contribution in [1.29, 1.82) is 0 Å². The molecule has 1 aliphatic rings. The van der Waals surface area contributed by atoms with Gasteiger partial charge in [-0.2, -0.15) is 0 Å². The third-order valence-electron chi connectivity index (χ3n) is 5.54. The SMILES string of the molecule is O=C(CCn1c(=O)oc2ccccc21)N1CCCC[C@@H]1c1nc2ccccc2s1. The maximum absolute atomic E-state index is 13.1. The number of para-hydroxylation sites is 3. The first kappa shape index (κ1) is 18.1. The third kappa shape index (κ3) is 3.35. The average Bonchev–Trinajstić information content (AvgIpc) is 3.32. The first-order valence-electron chi connectivity index (χ1n) is 9.94. The molecule has 0 aliphatic carbocycles. The third-order valence-corrected chi connectivity index (χ3v) is 6.68.